The van der Waals surface area contributed by atoms with Crippen molar-refractivity contribution in [1.82, 2.24) is 39.9 Å². The highest BCUT2D eigenvalue weighted by Gasteiger charge is 2.24. The highest BCUT2D eigenvalue weighted by molar-refractivity contribution is 8.14. The van der Waals surface area contributed by atoms with Crippen molar-refractivity contribution in [2.75, 3.05) is 0 Å². The van der Waals surface area contributed by atoms with Gasteiger partial charge in [0, 0.05) is 54.5 Å². The molecule has 4 aromatic carbocycles. The van der Waals surface area contributed by atoms with Gasteiger partial charge in [-0.05, 0) is 6.07 Å². The number of hydrogen-bond acceptors (Lipinski definition) is 8. The molecule has 0 atom stereocenters. The molecule has 2 N–H and O–H groups in total. The van der Waals surface area contributed by atoms with E-state index in [1.807, 2.05) is 72.8 Å². The van der Waals surface area contributed by atoms with Crippen LogP contribution >= 0.6 is 10.7 Å². The Morgan fingerprint density at radius 3 is 1.31 bits per heavy atom. The minimum absolute atomic E-state index is 0. The van der Waals surface area contributed by atoms with E-state index in [0.29, 0.717) is 51.0 Å². The van der Waals surface area contributed by atoms with Crippen LogP contribution < -0.4 is 0 Å². The Kier molecular flexibility index (Phi) is 6.13. The molecule has 13 heteroatoms. The molecule has 5 heterocycles. The molecule has 2 aliphatic rings. The summed E-state index contributed by atoms with van der Waals surface area (Å²) in [6.07, 6.45) is 0. The van der Waals surface area contributed by atoms with Gasteiger partial charge in [0.25, 0.3) is 9.05 Å². The van der Waals surface area contributed by atoms with Crippen molar-refractivity contribution >= 4 is 81.2 Å². The van der Waals surface area contributed by atoms with Gasteiger partial charge in [0.1, 0.15) is 22.6 Å². The third kappa shape index (κ3) is 4.26. The van der Waals surface area contributed by atoms with E-state index in [1.54, 1.807) is 12.1 Å². The van der Waals surface area contributed by atoms with Gasteiger partial charge < -0.3 is 9.97 Å². The molecule has 0 saturated carbocycles. The monoisotopic (exact) mass is 642 g/mol. The molecule has 0 spiro atoms. The normalized spacial score (nSPS) is 12.1. The number of aromatic amines is 2. The lowest BCUT2D eigenvalue weighted by Gasteiger charge is -1.99. The van der Waals surface area contributed by atoms with E-state index >= 15 is 0 Å². The summed E-state index contributed by atoms with van der Waals surface area (Å²) in [5.74, 6) is 1.71. The van der Waals surface area contributed by atoms with Gasteiger partial charge in [-0.3, -0.25) is 0 Å². The summed E-state index contributed by atoms with van der Waals surface area (Å²) in [6, 6.07) is 28.0. The topological polar surface area (TPSA) is 143 Å². The standard InChI is InChI=1S/C32H17ClN8O2S.Al.3H/c33-44(42,43)23-15-7-14-22-24(23)32-40-30-21-13-6-5-12-20(21)28(38-30)36-26-17-9-2-1-8-16(17)25(34-26)35-27-18-10-3-4-11-19(18)29(37-27)39-31(22)41-32;;;;/h1-15H,(H2,34,35,36,37,38,39,40,41);;;;. The first-order chi connectivity index (χ1) is 21.4. The lowest BCUT2D eigenvalue weighted by molar-refractivity contribution is 0.610. The SMILES string of the molecule is O=S(=O)(Cl)c1cccc2c3nc4nc(nc5[nH]c(nc6nc(nc([nH]3)c12)-c1ccccc1-6)c1ccccc51)-c1ccccc1-4.[AlH3]. The van der Waals surface area contributed by atoms with Crippen LogP contribution in [0.2, 0.25) is 0 Å². The molecule has 45 heavy (non-hydrogen) atoms. The fourth-order valence-corrected chi connectivity index (χ4v) is 6.94. The van der Waals surface area contributed by atoms with Crippen LogP contribution in [0.5, 0.6) is 0 Å². The first-order valence-corrected chi connectivity index (χ1v) is 15.9. The van der Waals surface area contributed by atoms with Crippen LogP contribution in [0.3, 0.4) is 0 Å². The number of benzene rings is 4. The fraction of sp³-hybridized carbons (Fsp3) is 0. The van der Waals surface area contributed by atoms with E-state index in [1.165, 1.54) is 6.07 Å². The number of H-pyrrole nitrogens is 2. The minimum Gasteiger partial charge on any atom is -0.324 e. The number of fused-ring (bicyclic) bond motifs is 20. The molecular formula is C32H20AlClN8O2S. The first kappa shape index (κ1) is 27.6. The highest BCUT2D eigenvalue weighted by atomic mass is 35.7. The maximum atomic E-state index is 12.7. The van der Waals surface area contributed by atoms with Crippen molar-refractivity contribution < 1.29 is 8.42 Å². The summed E-state index contributed by atoms with van der Waals surface area (Å²) in [5, 5.41) is 2.58. The highest BCUT2D eigenvalue weighted by Crippen LogP contribution is 2.37. The Hall–Kier alpha value is -4.99. The number of halogens is 1. The summed E-state index contributed by atoms with van der Waals surface area (Å²) >= 11 is 0. The van der Waals surface area contributed by atoms with Crippen molar-refractivity contribution in [1.29, 1.82) is 0 Å². The van der Waals surface area contributed by atoms with Gasteiger partial charge in [0.2, 0.25) is 0 Å². The van der Waals surface area contributed by atoms with Crippen molar-refractivity contribution in [3.05, 3.63) is 91.0 Å². The predicted octanol–water partition coefficient (Wildman–Crippen LogP) is 5.61. The summed E-state index contributed by atoms with van der Waals surface area (Å²) in [4.78, 5) is 35.9. The smallest absolute Gasteiger partial charge is 0.262 e. The summed E-state index contributed by atoms with van der Waals surface area (Å²) in [5.41, 5.74) is 4.93. The van der Waals surface area contributed by atoms with Gasteiger partial charge in [0.15, 0.2) is 40.7 Å². The molecule has 3 aromatic heterocycles. The number of nitrogens with zero attached hydrogens (tertiary/aromatic N) is 6. The molecule has 0 fully saturated rings. The minimum atomic E-state index is -4.14. The zero-order valence-electron chi connectivity index (χ0n) is 22.4. The van der Waals surface area contributed by atoms with Crippen molar-refractivity contribution in [3.8, 4) is 45.6 Å². The van der Waals surface area contributed by atoms with Gasteiger partial charge in [-0.2, -0.15) is 0 Å². The van der Waals surface area contributed by atoms with E-state index in [2.05, 4.69) is 9.97 Å². The van der Waals surface area contributed by atoms with Gasteiger partial charge in [-0.1, -0.05) is 84.9 Å². The maximum absolute atomic E-state index is 12.7. The number of aromatic nitrogens is 8. The van der Waals surface area contributed by atoms with E-state index in [4.69, 9.17) is 40.6 Å². The van der Waals surface area contributed by atoms with Crippen LogP contribution in [0.25, 0.3) is 89.7 Å². The van der Waals surface area contributed by atoms with Crippen molar-refractivity contribution in [2.24, 2.45) is 0 Å². The van der Waals surface area contributed by atoms with Crippen LogP contribution in [0, 0.1) is 0 Å². The molecule has 7 aromatic rings. The molecule has 0 unspecified atom stereocenters. The lowest BCUT2D eigenvalue weighted by Crippen LogP contribution is -1.91. The van der Waals surface area contributed by atoms with E-state index < -0.39 is 9.05 Å². The van der Waals surface area contributed by atoms with Crippen LogP contribution in [0.15, 0.2) is 95.9 Å². The number of nitrogens with one attached hydrogen (secondary N) is 2. The third-order valence-corrected chi connectivity index (χ3v) is 9.17. The van der Waals surface area contributed by atoms with E-state index in [0.717, 1.165) is 33.0 Å². The molecular weight excluding hydrogens is 623 g/mol. The Bertz CT molecular complexity index is 2670. The van der Waals surface area contributed by atoms with E-state index in [-0.39, 0.29) is 27.9 Å². The van der Waals surface area contributed by atoms with Crippen molar-refractivity contribution in [2.45, 2.75) is 4.90 Å². The Labute approximate surface area is 269 Å². The molecule has 9 rings (SSSR count). The number of hydrogen-bond donors (Lipinski definition) is 2. The average Bonchev–Trinajstić information content (AvgIpc) is 3.76. The largest absolute Gasteiger partial charge is 0.324 e. The second-order valence-electron chi connectivity index (χ2n) is 10.4. The van der Waals surface area contributed by atoms with Gasteiger partial charge in [0.05, 0.1) is 4.90 Å². The summed E-state index contributed by atoms with van der Waals surface area (Å²) in [7, 11) is 1.78. The zero-order chi connectivity index (χ0) is 29.6. The second kappa shape index (κ2) is 10.0. The molecule has 0 amide bonds. The fourth-order valence-electron chi connectivity index (χ4n) is 5.86. The number of rotatable bonds is 1. The Morgan fingerprint density at radius 1 is 0.467 bits per heavy atom. The van der Waals surface area contributed by atoms with Crippen molar-refractivity contribution in [3.63, 3.8) is 0 Å². The zero-order valence-corrected chi connectivity index (χ0v) is 24.0. The van der Waals surface area contributed by atoms with Crippen LogP contribution in [-0.2, 0) is 9.05 Å². The summed E-state index contributed by atoms with van der Waals surface area (Å²) < 4.78 is 25.5. The van der Waals surface area contributed by atoms with E-state index in [9.17, 15) is 8.42 Å². The average molecular weight is 643 g/mol. The summed E-state index contributed by atoms with van der Waals surface area (Å²) in [6.45, 7) is 0. The van der Waals surface area contributed by atoms with Crippen LogP contribution in [0.4, 0.5) is 0 Å². The Balaban J connectivity index is 0.00000300. The van der Waals surface area contributed by atoms with Gasteiger partial charge in [-0.15, -0.1) is 0 Å². The molecule has 0 radical (unpaired) electrons. The predicted molar refractivity (Wildman–Crippen MR) is 179 cm³/mol. The molecule has 10 nitrogen and oxygen atoms in total. The molecule has 0 saturated heterocycles. The maximum Gasteiger partial charge on any atom is 0.262 e. The van der Waals surface area contributed by atoms with Crippen LogP contribution in [0.1, 0.15) is 0 Å². The van der Waals surface area contributed by atoms with Crippen LogP contribution in [-0.4, -0.2) is 65.7 Å². The van der Waals surface area contributed by atoms with Gasteiger partial charge in [-0.25, -0.2) is 38.3 Å². The molecule has 216 valence electrons. The second-order valence-corrected chi connectivity index (χ2v) is 12.9. The lowest BCUT2D eigenvalue weighted by atomic mass is 10.1. The quantitative estimate of drug-likeness (QED) is 0.174. The third-order valence-electron chi connectivity index (χ3n) is 7.80. The first-order valence-electron chi connectivity index (χ1n) is 13.6. The molecule has 8 bridgehead atoms. The Morgan fingerprint density at radius 2 is 0.844 bits per heavy atom. The van der Waals surface area contributed by atoms with Gasteiger partial charge >= 0.3 is 0 Å². The molecule has 0 aliphatic carbocycles. The molecule has 2 aliphatic heterocycles.